The molecule has 1 aliphatic heterocycles. The highest BCUT2D eigenvalue weighted by Crippen LogP contribution is 2.38. The highest BCUT2D eigenvalue weighted by molar-refractivity contribution is 6.11. The quantitative estimate of drug-likeness (QED) is 0.161. The molecule has 0 aromatic heterocycles. The summed E-state index contributed by atoms with van der Waals surface area (Å²) in [6.07, 6.45) is -3.67. The maximum absolute atomic E-state index is 13.4. The van der Waals surface area contributed by atoms with Gasteiger partial charge in [-0.15, -0.1) is 0 Å². The second-order valence-electron chi connectivity index (χ2n) is 11.2. The van der Waals surface area contributed by atoms with Crippen molar-refractivity contribution in [2.75, 3.05) is 13.2 Å². The molecule has 0 radical (unpaired) electrons. The molecule has 0 saturated carbocycles. The Morgan fingerprint density at radius 2 is 1.69 bits per heavy atom. The van der Waals surface area contributed by atoms with Gasteiger partial charge in [0.25, 0.3) is 5.91 Å². The van der Waals surface area contributed by atoms with Gasteiger partial charge in [-0.05, 0) is 74.2 Å². The van der Waals surface area contributed by atoms with Crippen LogP contribution < -0.4 is 14.8 Å². The fraction of sp³-hybridized carbons (Fsp3) is 0.364. The molecular formula is C33H35F3N2O7. The number of hydrogen-bond donors (Lipinski definition) is 3. The van der Waals surface area contributed by atoms with Crippen molar-refractivity contribution in [1.29, 1.82) is 0 Å². The third-order valence-electron chi connectivity index (χ3n) is 7.46. The molecule has 1 aliphatic rings. The summed E-state index contributed by atoms with van der Waals surface area (Å²) < 4.78 is 51.6. The number of aliphatic hydroxyl groups excluding tert-OH is 1. The maximum Gasteiger partial charge on any atom is 0.397 e. The number of aromatic hydroxyl groups is 1. The lowest BCUT2D eigenvalue weighted by molar-refractivity contribution is -0.158. The number of imide groups is 1. The van der Waals surface area contributed by atoms with Crippen LogP contribution in [-0.2, 0) is 16.8 Å². The van der Waals surface area contributed by atoms with Crippen molar-refractivity contribution in [2.45, 2.75) is 64.3 Å². The zero-order valence-corrected chi connectivity index (χ0v) is 25.3. The minimum Gasteiger partial charge on any atom is -0.507 e. The first-order valence-corrected chi connectivity index (χ1v) is 14.4. The van der Waals surface area contributed by atoms with Gasteiger partial charge in [-0.25, -0.2) is 4.79 Å². The lowest BCUT2D eigenvalue weighted by Gasteiger charge is -2.22. The Kier molecular flexibility index (Phi) is 9.76. The van der Waals surface area contributed by atoms with E-state index in [4.69, 9.17) is 9.47 Å². The molecule has 9 nitrogen and oxygen atoms in total. The van der Waals surface area contributed by atoms with Crippen LogP contribution in [-0.4, -0.2) is 58.3 Å². The largest absolute Gasteiger partial charge is 0.507 e. The molecule has 3 aromatic rings. The number of aryl methyl sites for hydroxylation is 1. The first kappa shape index (κ1) is 33.3. The standard InChI is InChI=1S/C33H35F3N2O7/c1-5-6-21-15-20(26(18-39)33(34,35)36)7-14-29(21)45-24-12-13-25(27(40)16-24)28(41)17-38-30(42)32(4,37-31(38)43)22-8-10-23(11-9-22)44-19(2)3/h7-16,19,26,39-40H,5-6,17-18H2,1-4H3,(H,37,43). The van der Waals surface area contributed by atoms with E-state index in [1.807, 2.05) is 20.8 Å². The van der Waals surface area contributed by atoms with Gasteiger partial charge in [-0.2, -0.15) is 13.2 Å². The van der Waals surface area contributed by atoms with Gasteiger partial charge in [0.2, 0.25) is 0 Å². The number of nitrogens with zero attached hydrogens (tertiary/aromatic N) is 1. The maximum atomic E-state index is 13.4. The number of ketones is 1. The number of nitrogens with one attached hydrogen (secondary N) is 1. The SMILES string of the molecule is CCCc1cc(C(CO)C(F)(F)F)ccc1Oc1ccc(C(=O)CN2C(=O)NC(C)(c3ccc(OC(C)C)cc3)C2=O)c(O)c1. The predicted molar refractivity (Wildman–Crippen MR) is 159 cm³/mol. The van der Waals surface area contributed by atoms with Crippen LogP contribution in [0.4, 0.5) is 18.0 Å². The lowest BCUT2D eigenvalue weighted by Crippen LogP contribution is -2.41. The highest BCUT2D eigenvalue weighted by atomic mass is 19.4. The van der Waals surface area contributed by atoms with E-state index in [0.29, 0.717) is 29.7 Å². The summed E-state index contributed by atoms with van der Waals surface area (Å²) in [6.45, 7) is 5.42. The molecule has 0 spiro atoms. The van der Waals surface area contributed by atoms with Gasteiger partial charge in [0.15, 0.2) is 5.78 Å². The van der Waals surface area contributed by atoms with Gasteiger partial charge in [0.05, 0.1) is 24.8 Å². The van der Waals surface area contributed by atoms with Gasteiger partial charge in [0.1, 0.15) is 34.5 Å². The van der Waals surface area contributed by atoms with Crippen LogP contribution in [0.1, 0.15) is 67.1 Å². The number of amides is 3. The molecule has 0 bridgehead atoms. The average molecular weight is 629 g/mol. The molecule has 45 heavy (non-hydrogen) atoms. The van der Waals surface area contributed by atoms with Gasteiger partial charge < -0.3 is 25.0 Å². The molecule has 0 aliphatic carbocycles. The number of urea groups is 1. The summed E-state index contributed by atoms with van der Waals surface area (Å²) in [5.74, 6) is -2.90. The molecule has 1 heterocycles. The molecule has 1 saturated heterocycles. The Balaban J connectivity index is 1.49. The molecule has 4 rings (SSSR count). The molecule has 2 unspecified atom stereocenters. The second kappa shape index (κ2) is 13.2. The average Bonchev–Trinajstić information content (AvgIpc) is 3.17. The fourth-order valence-corrected chi connectivity index (χ4v) is 5.12. The molecule has 2 atom stereocenters. The summed E-state index contributed by atoms with van der Waals surface area (Å²) in [4.78, 5) is 40.0. The molecule has 3 amide bonds. The van der Waals surface area contributed by atoms with Crippen molar-refractivity contribution < 1.29 is 47.2 Å². The number of halogens is 3. The topological polar surface area (TPSA) is 125 Å². The third-order valence-corrected chi connectivity index (χ3v) is 7.46. The van der Waals surface area contributed by atoms with Crippen LogP contribution in [0.5, 0.6) is 23.0 Å². The Bertz CT molecular complexity index is 1570. The van der Waals surface area contributed by atoms with E-state index >= 15 is 0 Å². The first-order chi connectivity index (χ1) is 21.2. The number of aliphatic hydroxyl groups is 1. The summed E-state index contributed by atoms with van der Waals surface area (Å²) in [5.41, 5.74) is -0.709. The summed E-state index contributed by atoms with van der Waals surface area (Å²) in [6, 6.07) is 13.7. The summed E-state index contributed by atoms with van der Waals surface area (Å²) >= 11 is 0. The normalized spacial score (nSPS) is 17.4. The van der Waals surface area contributed by atoms with Gasteiger partial charge >= 0.3 is 12.2 Å². The van der Waals surface area contributed by atoms with Crippen molar-refractivity contribution in [3.05, 3.63) is 82.9 Å². The number of Topliss-reactive ketones (excluding diaryl/α,β-unsaturated/α-hetero) is 1. The molecule has 240 valence electrons. The second-order valence-corrected chi connectivity index (χ2v) is 11.2. The molecule has 1 fully saturated rings. The van der Waals surface area contributed by atoms with Crippen LogP contribution in [0.2, 0.25) is 0 Å². The van der Waals surface area contributed by atoms with Crippen LogP contribution in [0.3, 0.4) is 0 Å². The first-order valence-electron chi connectivity index (χ1n) is 14.4. The lowest BCUT2D eigenvalue weighted by atomic mass is 9.92. The van der Waals surface area contributed by atoms with E-state index in [1.165, 1.54) is 43.3 Å². The number of phenols is 1. The van der Waals surface area contributed by atoms with Crippen LogP contribution >= 0.6 is 0 Å². The number of carbonyl (C=O) groups excluding carboxylic acids is 3. The number of phenolic OH excluding ortho intramolecular Hbond substituents is 1. The van der Waals surface area contributed by atoms with Crippen LogP contribution in [0, 0.1) is 0 Å². The minimum atomic E-state index is -4.62. The number of carbonyl (C=O) groups is 3. The minimum absolute atomic E-state index is 0.0463. The van der Waals surface area contributed by atoms with Crippen LogP contribution in [0.25, 0.3) is 0 Å². The van der Waals surface area contributed by atoms with Crippen molar-refractivity contribution in [2.24, 2.45) is 0 Å². The zero-order valence-electron chi connectivity index (χ0n) is 25.3. The highest BCUT2D eigenvalue weighted by Gasteiger charge is 2.49. The van der Waals surface area contributed by atoms with Crippen molar-refractivity contribution >= 4 is 17.7 Å². The van der Waals surface area contributed by atoms with E-state index in [0.717, 1.165) is 4.90 Å². The van der Waals surface area contributed by atoms with E-state index < -0.39 is 54.3 Å². The number of alkyl halides is 3. The predicted octanol–water partition coefficient (Wildman–Crippen LogP) is 6.21. The van der Waals surface area contributed by atoms with E-state index in [2.05, 4.69) is 5.32 Å². The van der Waals surface area contributed by atoms with Crippen LogP contribution in [0.15, 0.2) is 60.7 Å². The van der Waals surface area contributed by atoms with E-state index in [1.54, 1.807) is 24.3 Å². The summed E-state index contributed by atoms with van der Waals surface area (Å²) in [5, 5.41) is 22.6. The Morgan fingerprint density at radius 1 is 1.02 bits per heavy atom. The van der Waals surface area contributed by atoms with Gasteiger partial charge in [-0.3, -0.25) is 14.5 Å². The number of benzene rings is 3. The molecular weight excluding hydrogens is 593 g/mol. The van der Waals surface area contributed by atoms with Gasteiger partial charge in [-0.1, -0.05) is 37.6 Å². The zero-order chi connectivity index (χ0) is 33.1. The van der Waals surface area contributed by atoms with E-state index in [9.17, 15) is 37.8 Å². The molecule has 12 heteroatoms. The van der Waals surface area contributed by atoms with Crippen molar-refractivity contribution in [3.63, 3.8) is 0 Å². The molecule has 3 N–H and O–H groups in total. The monoisotopic (exact) mass is 628 g/mol. The van der Waals surface area contributed by atoms with Gasteiger partial charge in [0, 0.05) is 6.07 Å². The number of hydrogen-bond acceptors (Lipinski definition) is 7. The van der Waals surface area contributed by atoms with Crippen molar-refractivity contribution in [3.8, 4) is 23.0 Å². The van der Waals surface area contributed by atoms with E-state index in [-0.39, 0.29) is 28.7 Å². The Hall–Kier alpha value is -4.58. The number of ether oxygens (including phenoxy) is 2. The number of rotatable bonds is 12. The Morgan fingerprint density at radius 3 is 2.27 bits per heavy atom. The summed E-state index contributed by atoms with van der Waals surface area (Å²) in [7, 11) is 0. The van der Waals surface area contributed by atoms with Crippen molar-refractivity contribution in [1.82, 2.24) is 10.2 Å². The molecule has 3 aromatic carbocycles. The Labute approximate surface area is 258 Å². The third kappa shape index (κ3) is 7.22. The smallest absolute Gasteiger partial charge is 0.397 e. The fourth-order valence-electron chi connectivity index (χ4n) is 5.12.